The van der Waals surface area contributed by atoms with Crippen LogP contribution in [-0.2, 0) is 10.0 Å². The third kappa shape index (κ3) is 4.64. The number of benzene rings is 1. The molecule has 25 heavy (non-hydrogen) atoms. The summed E-state index contributed by atoms with van der Waals surface area (Å²) in [4.78, 5) is 14.7. The van der Waals surface area contributed by atoms with Gasteiger partial charge in [0.15, 0.2) is 0 Å². The Labute approximate surface area is 149 Å². The van der Waals surface area contributed by atoms with Crippen LogP contribution in [0.5, 0.6) is 5.75 Å². The van der Waals surface area contributed by atoms with Crippen molar-refractivity contribution in [1.29, 1.82) is 0 Å². The van der Waals surface area contributed by atoms with Crippen molar-refractivity contribution in [3.8, 4) is 5.75 Å². The summed E-state index contributed by atoms with van der Waals surface area (Å²) in [5.41, 5.74) is 6.24. The number of nitrogens with one attached hydrogen (secondary N) is 1. The predicted molar refractivity (Wildman–Crippen MR) is 98.1 cm³/mol. The molecular formula is C17H27N3O4S. The Balaban J connectivity index is 2.08. The summed E-state index contributed by atoms with van der Waals surface area (Å²) in [7, 11) is -2.37. The summed E-state index contributed by atoms with van der Waals surface area (Å²) in [6.07, 6.45) is 2.59. The molecule has 0 spiro atoms. The Morgan fingerprint density at radius 1 is 1.48 bits per heavy atom. The lowest BCUT2D eigenvalue weighted by molar-refractivity contribution is 0.0978. The van der Waals surface area contributed by atoms with Crippen LogP contribution in [0.25, 0.3) is 0 Å². The summed E-state index contributed by atoms with van der Waals surface area (Å²) in [5.74, 6) is -0.462. The van der Waals surface area contributed by atoms with Gasteiger partial charge in [-0.3, -0.25) is 4.79 Å². The van der Waals surface area contributed by atoms with Crippen molar-refractivity contribution in [1.82, 2.24) is 9.62 Å². The summed E-state index contributed by atoms with van der Waals surface area (Å²) in [6.45, 7) is 5.63. The molecule has 1 saturated heterocycles. The van der Waals surface area contributed by atoms with E-state index in [1.165, 1.54) is 25.3 Å². The number of ether oxygens (including phenoxy) is 1. The number of amides is 1. The number of rotatable bonds is 7. The number of likely N-dealkylation sites (tertiary alicyclic amines) is 1. The number of methoxy groups -OCH3 is 1. The summed E-state index contributed by atoms with van der Waals surface area (Å²) in [5, 5.41) is -0.659. The molecule has 1 aliphatic rings. The molecule has 3 N–H and O–H groups in total. The smallest absolute Gasteiger partial charge is 0.268 e. The van der Waals surface area contributed by atoms with Crippen molar-refractivity contribution in [2.75, 3.05) is 25.9 Å². The molecule has 1 aromatic rings. The molecule has 0 aliphatic carbocycles. The van der Waals surface area contributed by atoms with Crippen LogP contribution in [0.2, 0.25) is 0 Å². The second kappa shape index (κ2) is 8.05. The largest absolute Gasteiger partial charge is 0.496 e. The summed E-state index contributed by atoms with van der Waals surface area (Å²) >= 11 is 0. The van der Waals surface area contributed by atoms with E-state index < -0.39 is 21.2 Å². The van der Waals surface area contributed by atoms with Crippen molar-refractivity contribution < 1.29 is 17.9 Å². The number of nitrogen functional groups attached to an aromatic ring is 1. The number of anilines is 1. The van der Waals surface area contributed by atoms with Gasteiger partial charge in [-0.25, -0.2) is 13.1 Å². The lowest BCUT2D eigenvalue weighted by atomic mass is 10.1. The maximum atomic E-state index is 12.5. The van der Waals surface area contributed by atoms with Crippen LogP contribution in [0.4, 0.5) is 5.69 Å². The molecule has 0 aromatic heterocycles. The van der Waals surface area contributed by atoms with Gasteiger partial charge in [-0.05, 0) is 51.4 Å². The van der Waals surface area contributed by atoms with Gasteiger partial charge in [0.2, 0.25) is 10.0 Å². The van der Waals surface area contributed by atoms with Gasteiger partial charge in [0, 0.05) is 17.8 Å². The number of hydrogen-bond acceptors (Lipinski definition) is 6. The topological polar surface area (TPSA) is 102 Å². The van der Waals surface area contributed by atoms with Crippen molar-refractivity contribution in [2.45, 2.75) is 44.4 Å². The van der Waals surface area contributed by atoms with Gasteiger partial charge >= 0.3 is 0 Å². The van der Waals surface area contributed by atoms with Gasteiger partial charge in [-0.2, -0.15) is 0 Å². The highest BCUT2D eigenvalue weighted by molar-refractivity contribution is 7.90. The van der Waals surface area contributed by atoms with Gasteiger partial charge < -0.3 is 15.4 Å². The van der Waals surface area contributed by atoms with Crippen molar-refractivity contribution >= 4 is 21.6 Å². The number of sulfonamides is 1. The third-order valence-corrected chi connectivity index (χ3v) is 6.47. The van der Waals surface area contributed by atoms with E-state index in [0.29, 0.717) is 12.1 Å². The van der Waals surface area contributed by atoms with E-state index in [0.717, 1.165) is 25.9 Å². The quantitative estimate of drug-likeness (QED) is 0.708. The van der Waals surface area contributed by atoms with E-state index >= 15 is 0 Å². The average Bonchev–Trinajstić information content (AvgIpc) is 3.01. The van der Waals surface area contributed by atoms with Gasteiger partial charge in [0.05, 0.1) is 17.9 Å². The predicted octanol–water partition coefficient (Wildman–Crippen LogP) is 1.60. The Bertz CT molecular complexity index is 721. The number of carbonyl (C=O) groups excluding carboxylic acids is 1. The zero-order valence-electron chi connectivity index (χ0n) is 15.0. The second-order valence-electron chi connectivity index (χ2n) is 6.41. The van der Waals surface area contributed by atoms with Crippen molar-refractivity contribution in [3.05, 3.63) is 23.8 Å². The molecule has 8 heteroatoms. The molecule has 0 bridgehead atoms. The van der Waals surface area contributed by atoms with Crippen LogP contribution in [0, 0.1) is 0 Å². The lowest BCUT2D eigenvalue weighted by Crippen LogP contribution is -2.40. The number of nitrogens with two attached hydrogens (primary N) is 1. The fourth-order valence-corrected chi connectivity index (χ4v) is 4.31. The van der Waals surface area contributed by atoms with Gasteiger partial charge in [0.1, 0.15) is 5.75 Å². The molecule has 0 radical (unpaired) electrons. The molecule has 2 rings (SSSR count). The van der Waals surface area contributed by atoms with Crippen LogP contribution in [0.3, 0.4) is 0 Å². The minimum absolute atomic E-state index is 0.142. The molecule has 1 amide bonds. The van der Waals surface area contributed by atoms with Gasteiger partial charge in [-0.1, -0.05) is 6.92 Å². The summed E-state index contributed by atoms with van der Waals surface area (Å²) < 4.78 is 32.4. The minimum atomic E-state index is -3.77. The Morgan fingerprint density at radius 2 is 2.20 bits per heavy atom. The first kappa shape index (κ1) is 19.5. The Hall–Kier alpha value is -1.80. The van der Waals surface area contributed by atoms with Crippen LogP contribution in [-0.4, -0.2) is 50.7 Å². The fourth-order valence-electron chi connectivity index (χ4n) is 3.27. The first-order chi connectivity index (χ1) is 11.8. The second-order valence-corrected chi connectivity index (χ2v) is 8.51. The monoisotopic (exact) mass is 369 g/mol. The highest BCUT2D eigenvalue weighted by Gasteiger charge is 2.31. The van der Waals surface area contributed by atoms with E-state index in [1.54, 1.807) is 6.92 Å². The highest BCUT2D eigenvalue weighted by atomic mass is 32.2. The molecular weight excluding hydrogens is 342 g/mol. The molecule has 1 fully saturated rings. The highest BCUT2D eigenvalue weighted by Crippen LogP contribution is 2.24. The zero-order chi connectivity index (χ0) is 18.6. The normalized spacial score (nSPS) is 19.6. The van der Waals surface area contributed by atoms with E-state index in [2.05, 4.69) is 16.5 Å². The molecule has 1 heterocycles. The molecule has 140 valence electrons. The van der Waals surface area contributed by atoms with Crippen LogP contribution in [0.1, 0.15) is 43.5 Å². The van der Waals surface area contributed by atoms with E-state index in [-0.39, 0.29) is 17.4 Å². The molecule has 7 nitrogen and oxygen atoms in total. The van der Waals surface area contributed by atoms with E-state index in [1.807, 2.05) is 0 Å². The molecule has 2 atom stereocenters. The average molecular weight is 369 g/mol. The van der Waals surface area contributed by atoms with Crippen molar-refractivity contribution in [2.24, 2.45) is 0 Å². The molecule has 0 unspecified atom stereocenters. The van der Waals surface area contributed by atoms with Crippen LogP contribution in [0.15, 0.2) is 18.2 Å². The molecule has 1 aromatic carbocycles. The number of carbonyl (C=O) groups is 1. The van der Waals surface area contributed by atoms with Gasteiger partial charge in [0.25, 0.3) is 5.91 Å². The van der Waals surface area contributed by atoms with E-state index in [9.17, 15) is 13.2 Å². The van der Waals surface area contributed by atoms with Crippen LogP contribution >= 0.6 is 0 Å². The fraction of sp³-hybridized carbons (Fsp3) is 0.588. The first-order valence-corrected chi connectivity index (χ1v) is 10.1. The van der Waals surface area contributed by atoms with Gasteiger partial charge in [-0.15, -0.1) is 0 Å². The van der Waals surface area contributed by atoms with E-state index in [4.69, 9.17) is 10.5 Å². The Kier molecular flexibility index (Phi) is 6.29. The number of hydrogen-bond donors (Lipinski definition) is 2. The standard InChI is InChI=1S/C17H27N3O4S/c1-4-20-9-5-6-14(20)10-12(2)25(22,23)19-17(21)15-8-7-13(18)11-16(15)24-3/h7-8,11-12,14H,4-6,9-10,18H2,1-3H3,(H,19,21)/t12-,14-/m0/s1. The van der Waals surface area contributed by atoms with Crippen molar-refractivity contribution in [3.63, 3.8) is 0 Å². The maximum Gasteiger partial charge on any atom is 0.268 e. The number of nitrogens with zero attached hydrogens (tertiary/aromatic N) is 1. The van der Waals surface area contributed by atoms with Crippen LogP contribution < -0.4 is 15.2 Å². The maximum absolute atomic E-state index is 12.5. The molecule has 0 saturated carbocycles. The summed E-state index contributed by atoms with van der Waals surface area (Å²) in [6, 6.07) is 4.73. The third-order valence-electron chi connectivity index (χ3n) is 4.74. The minimum Gasteiger partial charge on any atom is -0.496 e. The Morgan fingerprint density at radius 3 is 2.84 bits per heavy atom. The SMILES string of the molecule is CCN1CCC[C@H]1C[C@H](C)S(=O)(=O)NC(=O)c1ccc(N)cc1OC. The zero-order valence-corrected chi connectivity index (χ0v) is 15.8. The molecule has 1 aliphatic heterocycles. The first-order valence-electron chi connectivity index (χ1n) is 8.52. The lowest BCUT2D eigenvalue weighted by Gasteiger charge is -2.25.